The van der Waals surface area contributed by atoms with Crippen LogP contribution in [0.1, 0.15) is 10.4 Å². The van der Waals surface area contributed by atoms with Crippen LogP contribution in [0, 0.1) is 0 Å². The summed E-state index contributed by atoms with van der Waals surface area (Å²) in [6.07, 6.45) is -4.56. The van der Waals surface area contributed by atoms with Crippen molar-refractivity contribution < 1.29 is 31.9 Å². The number of anilines is 1. The maximum Gasteiger partial charge on any atom is 0.455 e. The molecule has 10 heteroatoms. The Morgan fingerprint density at radius 1 is 1.37 bits per heavy atom. The van der Waals surface area contributed by atoms with Crippen molar-refractivity contribution in [3.05, 3.63) is 17.8 Å². The minimum atomic E-state index is -5.71. The van der Waals surface area contributed by atoms with Crippen LogP contribution in [-0.4, -0.2) is 42.5 Å². The van der Waals surface area contributed by atoms with Crippen molar-refractivity contribution in [2.45, 2.75) is 12.1 Å². The van der Waals surface area contributed by atoms with Crippen molar-refractivity contribution in [1.29, 1.82) is 0 Å². The molecule has 2 N–H and O–H groups in total. The van der Waals surface area contributed by atoms with Gasteiger partial charge in [0, 0.05) is 6.20 Å². The van der Waals surface area contributed by atoms with Gasteiger partial charge in [-0.05, 0) is 6.07 Å². The zero-order valence-electron chi connectivity index (χ0n) is 9.55. The standard InChI is InChI=1S/C9H8BF5N2O2/c10-4-1-5(7(18)19)6(16-2-4)17-3-8(11,12)9(13,14)15/h1-2H,3,10H2,(H,16,17)(H,18,19). The Balaban J connectivity index is 2.93. The molecule has 0 radical (unpaired) electrons. The molecule has 1 heterocycles. The molecular weight excluding hydrogens is 274 g/mol. The van der Waals surface area contributed by atoms with Gasteiger partial charge in [0.05, 0.1) is 6.54 Å². The van der Waals surface area contributed by atoms with Gasteiger partial charge < -0.3 is 10.4 Å². The highest BCUT2D eigenvalue weighted by molar-refractivity contribution is 6.32. The second kappa shape index (κ2) is 5.02. The SMILES string of the molecule is Bc1cnc(NCC(F)(F)C(F)(F)F)c(C(=O)O)c1. The summed E-state index contributed by atoms with van der Waals surface area (Å²) in [6, 6.07) is 1.11. The van der Waals surface area contributed by atoms with Crippen LogP contribution in [0.15, 0.2) is 12.3 Å². The van der Waals surface area contributed by atoms with E-state index in [9.17, 15) is 26.7 Å². The molecule has 4 nitrogen and oxygen atoms in total. The summed E-state index contributed by atoms with van der Waals surface area (Å²) in [5, 5.41) is 10.5. The van der Waals surface area contributed by atoms with E-state index in [-0.39, 0.29) is 0 Å². The highest BCUT2D eigenvalue weighted by Gasteiger charge is 2.57. The lowest BCUT2D eigenvalue weighted by Crippen LogP contribution is -2.42. The van der Waals surface area contributed by atoms with Crippen LogP contribution in [0.3, 0.4) is 0 Å². The normalized spacial score (nSPS) is 12.3. The van der Waals surface area contributed by atoms with E-state index < -0.39 is 36.0 Å². The van der Waals surface area contributed by atoms with Crippen molar-refractivity contribution in [1.82, 2.24) is 4.98 Å². The summed E-state index contributed by atoms with van der Waals surface area (Å²) in [5.74, 6) is -6.99. The number of carboxylic acids is 1. The second-order valence-electron chi connectivity index (χ2n) is 3.77. The van der Waals surface area contributed by atoms with Gasteiger partial charge in [0.1, 0.15) is 19.2 Å². The highest BCUT2D eigenvalue weighted by Crippen LogP contribution is 2.35. The molecule has 0 unspecified atom stereocenters. The van der Waals surface area contributed by atoms with E-state index in [1.807, 2.05) is 0 Å². The maximum atomic E-state index is 12.7. The van der Waals surface area contributed by atoms with Gasteiger partial charge in [-0.2, -0.15) is 22.0 Å². The first-order valence-corrected chi connectivity index (χ1v) is 4.93. The van der Waals surface area contributed by atoms with Gasteiger partial charge in [0.15, 0.2) is 0 Å². The Hall–Kier alpha value is -1.87. The molecule has 0 aromatic carbocycles. The molecule has 0 spiro atoms. The molecule has 0 aliphatic carbocycles. The number of nitrogens with one attached hydrogen (secondary N) is 1. The number of halogens is 5. The number of aromatic carboxylic acids is 1. The number of hydrogen-bond acceptors (Lipinski definition) is 3. The average molecular weight is 282 g/mol. The van der Waals surface area contributed by atoms with E-state index in [4.69, 9.17) is 5.11 Å². The number of pyridine rings is 1. The van der Waals surface area contributed by atoms with E-state index >= 15 is 0 Å². The van der Waals surface area contributed by atoms with Crippen LogP contribution in [0.2, 0.25) is 0 Å². The minimum Gasteiger partial charge on any atom is -0.478 e. The smallest absolute Gasteiger partial charge is 0.455 e. The fourth-order valence-corrected chi connectivity index (χ4v) is 1.17. The summed E-state index contributed by atoms with van der Waals surface area (Å²) >= 11 is 0. The summed E-state index contributed by atoms with van der Waals surface area (Å²) in [4.78, 5) is 14.3. The first-order chi connectivity index (χ1) is 8.54. The van der Waals surface area contributed by atoms with Gasteiger partial charge in [-0.25, -0.2) is 9.78 Å². The first kappa shape index (κ1) is 15.2. The van der Waals surface area contributed by atoms with E-state index in [0.717, 1.165) is 12.3 Å². The fraction of sp³-hybridized carbons (Fsp3) is 0.333. The van der Waals surface area contributed by atoms with Crippen LogP contribution in [0.5, 0.6) is 0 Å². The topological polar surface area (TPSA) is 62.2 Å². The number of carbonyl (C=O) groups is 1. The molecule has 0 fully saturated rings. The quantitative estimate of drug-likeness (QED) is 0.628. The number of hydrogen-bond donors (Lipinski definition) is 2. The molecule has 1 aromatic rings. The van der Waals surface area contributed by atoms with Crippen LogP contribution in [-0.2, 0) is 0 Å². The molecule has 0 amide bonds. The predicted molar refractivity (Wildman–Crippen MR) is 58.9 cm³/mol. The lowest BCUT2D eigenvalue weighted by atomic mass is 9.97. The molecule has 0 atom stereocenters. The second-order valence-corrected chi connectivity index (χ2v) is 3.77. The number of nitrogens with zero attached hydrogens (tertiary/aromatic N) is 1. The Kier molecular flexibility index (Phi) is 4.01. The number of rotatable bonds is 4. The first-order valence-electron chi connectivity index (χ1n) is 4.93. The van der Waals surface area contributed by atoms with Gasteiger partial charge in [0.25, 0.3) is 0 Å². The monoisotopic (exact) mass is 282 g/mol. The van der Waals surface area contributed by atoms with Gasteiger partial charge in [0.2, 0.25) is 0 Å². The van der Waals surface area contributed by atoms with Crippen molar-refractivity contribution in [2.24, 2.45) is 0 Å². The minimum absolute atomic E-state index is 0.436. The third-order valence-corrected chi connectivity index (χ3v) is 2.15. The van der Waals surface area contributed by atoms with E-state index in [0.29, 0.717) is 5.46 Å². The zero-order valence-corrected chi connectivity index (χ0v) is 9.55. The largest absolute Gasteiger partial charge is 0.478 e. The average Bonchev–Trinajstić information content (AvgIpc) is 2.25. The van der Waals surface area contributed by atoms with Crippen molar-refractivity contribution in [3.8, 4) is 0 Å². The summed E-state index contributed by atoms with van der Waals surface area (Å²) in [7, 11) is 1.51. The number of alkyl halides is 5. The summed E-state index contributed by atoms with van der Waals surface area (Å²) in [6.45, 7) is -1.78. The lowest BCUT2D eigenvalue weighted by molar-refractivity contribution is -0.275. The summed E-state index contributed by atoms with van der Waals surface area (Å²) < 4.78 is 61.1. The van der Waals surface area contributed by atoms with Gasteiger partial charge in [-0.1, -0.05) is 5.46 Å². The van der Waals surface area contributed by atoms with Crippen LogP contribution in [0.4, 0.5) is 27.8 Å². The van der Waals surface area contributed by atoms with E-state index in [2.05, 4.69) is 4.98 Å². The molecule has 1 rings (SSSR count). The Morgan fingerprint density at radius 2 is 1.95 bits per heavy atom. The Labute approximate surface area is 105 Å². The van der Waals surface area contributed by atoms with Gasteiger partial charge >= 0.3 is 18.1 Å². The molecule has 0 bridgehead atoms. The molecular formula is C9H8BF5N2O2. The van der Waals surface area contributed by atoms with Gasteiger partial charge in [-0.15, -0.1) is 0 Å². The van der Waals surface area contributed by atoms with E-state index in [1.54, 1.807) is 5.32 Å². The third-order valence-electron chi connectivity index (χ3n) is 2.15. The number of carboxylic acid groups (broad SMARTS) is 1. The Morgan fingerprint density at radius 3 is 2.42 bits per heavy atom. The summed E-state index contributed by atoms with van der Waals surface area (Å²) in [5.41, 5.74) is -0.0384. The molecule has 0 aliphatic heterocycles. The fourth-order valence-electron chi connectivity index (χ4n) is 1.17. The van der Waals surface area contributed by atoms with E-state index in [1.165, 1.54) is 7.85 Å². The highest BCUT2D eigenvalue weighted by atomic mass is 19.4. The van der Waals surface area contributed by atoms with Gasteiger partial charge in [-0.3, -0.25) is 0 Å². The molecule has 0 saturated carbocycles. The third kappa shape index (κ3) is 3.55. The zero-order chi connectivity index (χ0) is 14.8. The lowest BCUT2D eigenvalue weighted by Gasteiger charge is -2.20. The maximum absolute atomic E-state index is 12.7. The van der Waals surface area contributed by atoms with Crippen molar-refractivity contribution in [3.63, 3.8) is 0 Å². The van der Waals surface area contributed by atoms with Crippen LogP contribution < -0.4 is 10.8 Å². The molecule has 104 valence electrons. The molecule has 0 aliphatic rings. The predicted octanol–water partition coefficient (Wildman–Crippen LogP) is 0.648. The number of aromatic nitrogens is 1. The van der Waals surface area contributed by atoms with Crippen LogP contribution >= 0.6 is 0 Å². The van der Waals surface area contributed by atoms with Crippen LogP contribution in [0.25, 0.3) is 0 Å². The van der Waals surface area contributed by atoms with Crippen molar-refractivity contribution in [2.75, 3.05) is 11.9 Å². The Bertz CT molecular complexity index is 492. The molecule has 19 heavy (non-hydrogen) atoms. The molecule has 1 aromatic heterocycles. The van der Waals surface area contributed by atoms with Crippen molar-refractivity contribution >= 4 is 25.1 Å². The molecule has 0 saturated heterocycles.